The number of nitriles is 1. The van der Waals surface area contributed by atoms with Gasteiger partial charge in [-0.15, -0.1) is 0 Å². The third-order valence-corrected chi connectivity index (χ3v) is 3.25. The quantitative estimate of drug-likeness (QED) is 0.824. The van der Waals surface area contributed by atoms with Gasteiger partial charge in [0.05, 0.1) is 17.8 Å². The van der Waals surface area contributed by atoms with Gasteiger partial charge in [-0.05, 0) is 32.1 Å². The molecule has 1 heterocycles. The fourth-order valence-electron chi connectivity index (χ4n) is 2.33. The summed E-state index contributed by atoms with van der Waals surface area (Å²) in [5.41, 5.74) is 1.46. The molecule has 1 aliphatic heterocycles. The number of carbonyl (C=O) groups is 1. The lowest BCUT2D eigenvalue weighted by atomic mass is 10.1. The first-order chi connectivity index (χ1) is 9.24. The van der Waals surface area contributed by atoms with Crippen LogP contribution in [-0.4, -0.2) is 38.6 Å². The molecule has 5 nitrogen and oxygen atoms in total. The van der Waals surface area contributed by atoms with Crippen LogP contribution in [0.1, 0.15) is 12.0 Å². The zero-order valence-corrected chi connectivity index (χ0v) is 11.0. The average molecular weight is 258 g/mol. The SMILES string of the molecule is CNCCC1CN(c2ccccc2C#N)CC(=O)N1. The summed E-state index contributed by atoms with van der Waals surface area (Å²) >= 11 is 0. The van der Waals surface area contributed by atoms with Gasteiger partial charge in [0.15, 0.2) is 0 Å². The molecular weight excluding hydrogens is 240 g/mol. The lowest BCUT2D eigenvalue weighted by Crippen LogP contribution is -2.55. The highest BCUT2D eigenvalue weighted by atomic mass is 16.2. The number of hydrogen-bond donors (Lipinski definition) is 2. The molecule has 1 saturated heterocycles. The van der Waals surface area contributed by atoms with Crippen molar-refractivity contribution in [1.29, 1.82) is 5.26 Å². The first kappa shape index (κ1) is 13.4. The lowest BCUT2D eigenvalue weighted by molar-refractivity contribution is -0.121. The summed E-state index contributed by atoms with van der Waals surface area (Å²) in [6, 6.07) is 9.71. The number of piperazine rings is 1. The maximum atomic E-state index is 11.8. The van der Waals surface area contributed by atoms with Crippen LogP contribution in [0.4, 0.5) is 5.69 Å². The minimum Gasteiger partial charge on any atom is -0.359 e. The second-order valence-corrected chi connectivity index (χ2v) is 4.67. The van der Waals surface area contributed by atoms with E-state index in [1.807, 2.05) is 30.1 Å². The lowest BCUT2D eigenvalue weighted by Gasteiger charge is -2.35. The Labute approximate surface area is 113 Å². The number of benzene rings is 1. The highest BCUT2D eigenvalue weighted by molar-refractivity contribution is 5.83. The summed E-state index contributed by atoms with van der Waals surface area (Å²) in [5.74, 6) is 0.0140. The van der Waals surface area contributed by atoms with Crippen molar-refractivity contribution in [3.05, 3.63) is 29.8 Å². The van der Waals surface area contributed by atoms with E-state index in [2.05, 4.69) is 16.7 Å². The van der Waals surface area contributed by atoms with Crippen molar-refractivity contribution in [3.8, 4) is 6.07 Å². The number of carbonyl (C=O) groups excluding carboxylic acids is 1. The fourth-order valence-corrected chi connectivity index (χ4v) is 2.33. The van der Waals surface area contributed by atoms with Crippen LogP contribution in [0.2, 0.25) is 0 Å². The van der Waals surface area contributed by atoms with E-state index >= 15 is 0 Å². The van der Waals surface area contributed by atoms with Crippen molar-refractivity contribution in [2.75, 3.05) is 31.6 Å². The Bertz CT molecular complexity index is 494. The second-order valence-electron chi connectivity index (χ2n) is 4.67. The Balaban J connectivity index is 2.15. The molecule has 1 aromatic rings. The maximum Gasteiger partial charge on any atom is 0.239 e. The summed E-state index contributed by atoms with van der Waals surface area (Å²) in [7, 11) is 1.90. The van der Waals surface area contributed by atoms with Crippen molar-refractivity contribution >= 4 is 11.6 Å². The van der Waals surface area contributed by atoms with Crippen LogP contribution in [0.15, 0.2) is 24.3 Å². The third-order valence-electron chi connectivity index (χ3n) is 3.25. The summed E-state index contributed by atoms with van der Waals surface area (Å²) in [4.78, 5) is 13.7. The number of amides is 1. The van der Waals surface area contributed by atoms with Crippen LogP contribution < -0.4 is 15.5 Å². The van der Waals surface area contributed by atoms with Gasteiger partial charge in [0, 0.05) is 12.6 Å². The zero-order valence-electron chi connectivity index (χ0n) is 11.0. The predicted molar refractivity (Wildman–Crippen MR) is 73.8 cm³/mol. The van der Waals surface area contributed by atoms with Crippen LogP contribution in [0.25, 0.3) is 0 Å². The van der Waals surface area contributed by atoms with E-state index in [1.54, 1.807) is 6.07 Å². The van der Waals surface area contributed by atoms with Crippen molar-refractivity contribution in [1.82, 2.24) is 10.6 Å². The van der Waals surface area contributed by atoms with Crippen LogP contribution in [0.3, 0.4) is 0 Å². The van der Waals surface area contributed by atoms with E-state index in [0.717, 1.165) is 25.2 Å². The molecule has 0 saturated carbocycles. The molecule has 0 spiro atoms. The van der Waals surface area contributed by atoms with Gasteiger partial charge in [0.2, 0.25) is 5.91 Å². The standard InChI is InChI=1S/C14H18N4O/c1-16-7-6-12-9-18(10-14(19)17-12)13-5-3-2-4-11(13)8-15/h2-5,12,16H,6-7,9-10H2,1H3,(H,17,19). The molecule has 0 radical (unpaired) electrons. The Morgan fingerprint density at radius 2 is 2.32 bits per heavy atom. The van der Waals surface area contributed by atoms with Crippen molar-refractivity contribution < 1.29 is 4.79 Å². The van der Waals surface area contributed by atoms with Gasteiger partial charge in [0.1, 0.15) is 6.07 Å². The molecular formula is C14H18N4O. The third kappa shape index (κ3) is 3.24. The molecule has 19 heavy (non-hydrogen) atoms. The summed E-state index contributed by atoms with van der Waals surface area (Å²) in [6.07, 6.45) is 0.882. The molecule has 1 aliphatic rings. The largest absolute Gasteiger partial charge is 0.359 e. The van der Waals surface area contributed by atoms with Crippen LogP contribution in [0.5, 0.6) is 0 Å². The summed E-state index contributed by atoms with van der Waals surface area (Å²) in [5, 5.41) is 15.2. The van der Waals surface area contributed by atoms with Gasteiger partial charge < -0.3 is 15.5 Å². The number of rotatable bonds is 4. The van der Waals surface area contributed by atoms with E-state index in [0.29, 0.717) is 12.1 Å². The molecule has 1 atom stereocenters. The van der Waals surface area contributed by atoms with E-state index in [9.17, 15) is 4.79 Å². The van der Waals surface area contributed by atoms with E-state index in [-0.39, 0.29) is 11.9 Å². The molecule has 2 N–H and O–H groups in total. The minimum absolute atomic E-state index is 0.0140. The highest BCUT2D eigenvalue weighted by Crippen LogP contribution is 2.21. The second kappa shape index (κ2) is 6.21. The Hall–Kier alpha value is -2.06. The first-order valence-corrected chi connectivity index (χ1v) is 6.42. The number of para-hydroxylation sites is 1. The van der Waals surface area contributed by atoms with Gasteiger partial charge in [0.25, 0.3) is 0 Å². The van der Waals surface area contributed by atoms with E-state index < -0.39 is 0 Å². The minimum atomic E-state index is 0.0140. The molecule has 100 valence electrons. The molecule has 5 heteroatoms. The van der Waals surface area contributed by atoms with Crippen LogP contribution in [0, 0.1) is 11.3 Å². The smallest absolute Gasteiger partial charge is 0.239 e. The maximum absolute atomic E-state index is 11.8. The monoisotopic (exact) mass is 258 g/mol. The van der Waals surface area contributed by atoms with Gasteiger partial charge in [-0.25, -0.2) is 0 Å². The molecule has 0 bridgehead atoms. The molecule has 1 unspecified atom stereocenters. The van der Waals surface area contributed by atoms with E-state index in [1.165, 1.54) is 0 Å². The zero-order chi connectivity index (χ0) is 13.7. The van der Waals surface area contributed by atoms with Crippen molar-refractivity contribution in [2.24, 2.45) is 0 Å². The Morgan fingerprint density at radius 1 is 1.53 bits per heavy atom. The van der Waals surface area contributed by atoms with Gasteiger partial charge in [-0.2, -0.15) is 5.26 Å². The number of nitrogens with zero attached hydrogens (tertiary/aromatic N) is 2. The van der Waals surface area contributed by atoms with Gasteiger partial charge in [-0.3, -0.25) is 4.79 Å². The van der Waals surface area contributed by atoms with E-state index in [4.69, 9.17) is 5.26 Å². The van der Waals surface area contributed by atoms with Crippen LogP contribution in [-0.2, 0) is 4.79 Å². The molecule has 2 rings (SSSR count). The fraction of sp³-hybridized carbons (Fsp3) is 0.429. The highest BCUT2D eigenvalue weighted by Gasteiger charge is 2.25. The number of hydrogen-bond acceptors (Lipinski definition) is 4. The molecule has 1 amide bonds. The van der Waals surface area contributed by atoms with Crippen molar-refractivity contribution in [2.45, 2.75) is 12.5 Å². The Kier molecular flexibility index (Phi) is 4.37. The van der Waals surface area contributed by atoms with Gasteiger partial charge >= 0.3 is 0 Å². The average Bonchev–Trinajstić information content (AvgIpc) is 2.44. The first-order valence-electron chi connectivity index (χ1n) is 6.42. The van der Waals surface area contributed by atoms with Crippen LogP contribution >= 0.6 is 0 Å². The summed E-state index contributed by atoms with van der Waals surface area (Å²) in [6.45, 7) is 1.92. The topological polar surface area (TPSA) is 68.2 Å². The van der Waals surface area contributed by atoms with Gasteiger partial charge in [-0.1, -0.05) is 12.1 Å². The Morgan fingerprint density at radius 3 is 3.05 bits per heavy atom. The van der Waals surface area contributed by atoms with Crippen molar-refractivity contribution in [3.63, 3.8) is 0 Å². The molecule has 1 aromatic carbocycles. The normalized spacial score (nSPS) is 18.8. The molecule has 1 fully saturated rings. The molecule has 0 aliphatic carbocycles. The summed E-state index contributed by atoms with van der Waals surface area (Å²) < 4.78 is 0. The number of nitrogens with one attached hydrogen (secondary N) is 2. The molecule has 0 aromatic heterocycles. The number of anilines is 1. The predicted octanol–water partition coefficient (Wildman–Crippen LogP) is 0.473.